The van der Waals surface area contributed by atoms with Crippen LogP contribution in [-0.2, 0) is 19.6 Å². The second kappa shape index (κ2) is 6.87. The summed E-state index contributed by atoms with van der Waals surface area (Å²) < 4.78 is 30.8. The summed E-state index contributed by atoms with van der Waals surface area (Å²) in [6, 6.07) is 0.0692. The summed E-state index contributed by atoms with van der Waals surface area (Å²) in [4.78, 5) is 11.9. The monoisotopic (exact) mass is 304 g/mol. The van der Waals surface area contributed by atoms with Gasteiger partial charge in [-0.2, -0.15) is 0 Å². The predicted octanol–water partition coefficient (Wildman–Crippen LogP) is 0.486. The Bertz CT molecular complexity index is 424. The van der Waals surface area contributed by atoms with Crippen molar-refractivity contribution in [2.45, 2.75) is 51.2 Å². The number of nitrogens with one attached hydrogen (secondary N) is 1. The number of sulfonamides is 1. The number of hydrogen-bond acceptors (Lipinski definition) is 4. The summed E-state index contributed by atoms with van der Waals surface area (Å²) in [5, 5.41) is 2.98. The third kappa shape index (κ3) is 3.93. The van der Waals surface area contributed by atoms with Crippen LogP contribution < -0.4 is 5.32 Å². The zero-order valence-corrected chi connectivity index (χ0v) is 12.8. The van der Waals surface area contributed by atoms with E-state index in [1.54, 1.807) is 4.31 Å². The van der Waals surface area contributed by atoms with Gasteiger partial charge in [0.15, 0.2) is 0 Å². The van der Waals surface area contributed by atoms with Gasteiger partial charge in [0.05, 0.1) is 5.75 Å². The third-order valence-corrected chi connectivity index (χ3v) is 5.95. The molecule has 2 aliphatic rings. The molecule has 1 atom stereocenters. The van der Waals surface area contributed by atoms with Crippen LogP contribution in [0.15, 0.2) is 0 Å². The van der Waals surface area contributed by atoms with Crippen molar-refractivity contribution in [1.82, 2.24) is 9.62 Å². The van der Waals surface area contributed by atoms with Gasteiger partial charge < -0.3 is 10.1 Å². The van der Waals surface area contributed by atoms with Crippen LogP contribution in [0.2, 0.25) is 0 Å². The zero-order chi connectivity index (χ0) is 14.6. The molecule has 2 fully saturated rings. The fraction of sp³-hybridized carbons (Fsp3) is 0.923. The summed E-state index contributed by atoms with van der Waals surface area (Å²) in [5.41, 5.74) is 0. The maximum atomic E-state index is 11.9. The van der Waals surface area contributed by atoms with Gasteiger partial charge in [-0.3, -0.25) is 4.79 Å². The lowest BCUT2D eigenvalue weighted by Crippen LogP contribution is -2.49. The second-order valence-electron chi connectivity index (χ2n) is 5.50. The van der Waals surface area contributed by atoms with Crippen LogP contribution in [0.3, 0.4) is 0 Å². The second-order valence-corrected chi connectivity index (χ2v) is 7.59. The molecule has 0 aromatic heterocycles. The van der Waals surface area contributed by atoms with Gasteiger partial charge in [0.1, 0.15) is 6.10 Å². The predicted molar refractivity (Wildman–Crippen MR) is 75.8 cm³/mol. The third-order valence-electron chi connectivity index (χ3n) is 3.88. The first kappa shape index (κ1) is 15.7. The molecule has 1 unspecified atom stereocenters. The van der Waals surface area contributed by atoms with Crippen molar-refractivity contribution in [3.05, 3.63) is 0 Å². The van der Waals surface area contributed by atoms with E-state index < -0.39 is 10.0 Å². The smallest absolute Gasteiger partial charge is 0.249 e. The Kier molecular flexibility index (Phi) is 5.40. The van der Waals surface area contributed by atoms with E-state index in [1.807, 2.05) is 6.92 Å². The van der Waals surface area contributed by atoms with Crippen molar-refractivity contribution in [3.8, 4) is 0 Å². The average Bonchev–Trinajstić information content (AvgIpc) is 2.93. The lowest BCUT2D eigenvalue weighted by atomic mass is 10.1. The van der Waals surface area contributed by atoms with Crippen molar-refractivity contribution < 1.29 is 17.9 Å². The molecule has 0 bridgehead atoms. The van der Waals surface area contributed by atoms with Crippen molar-refractivity contribution in [2.75, 3.05) is 25.4 Å². The highest BCUT2D eigenvalue weighted by Gasteiger charge is 2.30. The normalized spacial score (nSPS) is 25.8. The summed E-state index contributed by atoms with van der Waals surface area (Å²) in [6.07, 6.45) is 3.42. The fourth-order valence-corrected chi connectivity index (χ4v) is 4.29. The number of carbonyl (C=O) groups excluding carboxylic acids is 1. The van der Waals surface area contributed by atoms with E-state index in [-0.39, 0.29) is 23.8 Å². The molecule has 0 spiro atoms. The zero-order valence-electron chi connectivity index (χ0n) is 12.0. The number of nitrogens with zero attached hydrogens (tertiary/aromatic N) is 1. The quantitative estimate of drug-likeness (QED) is 0.802. The average molecular weight is 304 g/mol. The van der Waals surface area contributed by atoms with Crippen LogP contribution in [0, 0.1) is 0 Å². The molecule has 2 rings (SSSR count). The molecule has 20 heavy (non-hydrogen) atoms. The SMILES string of the molecule is CCCS(=O)(=O)N1CCC(NC(=O)C2CCCO2)CC1. The van der Waals surface area contributed by atoms with E-state index in [1.165, 1.54) is 0 Å². The van der Waals surface area contributed by atoms with E-state index in [9.17, 15) is 13.2 Å². The van der Waals surface area contributed by atoms with Gasteiger partial charge in [0.25, 0.3) is 0 Å². The van der Waals surface area contributed by atoms with Crippen LogP contribution in [-0.4, -0.2) is 56.2 Å². The number of hydrogen-bond donors (Lipinski definition) is 1. The number of carbonyl (C=O) groups is 1. The number of ether oxygens (including phenoxy) is 1. The summed E-state index contributed by atoms with van der Waals surface area (Å²) in [6.45, 7) is 3.52. The first-order chi connectivity index (χ1) is 9.53. The van der Waals surface area contributed by atoms with Crippen molar-refractivity contribution in [3.63, 3.8) is 0 Å². The van der Waals surface area contributed by atoms with E-state index >= 15 is 0 Å². The standard InChI is InChI=1S/C13H24N2O4S/c1-2-10-20(17,18)15-7-5-11(6-8-15)14-13(16)12-4-3-9-19-12/h11-12H,2-10H2,1H3,(H,14,16). The minimum absolute atomic E-state index is 0.0441. The van der Waals surface area contributed by atoms with Crippen LogP contribution in [0.5, 0.6) is 0 Å². The molecule has 0 saturated carbocycles. The van der Waals surface area contributed by atoms with Gasteiger partial charge in [-0.25, -0.2) is 12.7 Å². The Hall–Kier alpha value is -0.660. The van der Waals surface area contributed by atoms with Gasteiger partial charge in [-0.1, -0.05) is 6.92 Å². The first-order valence-corrected chi connectivity index (χ1v) is 9.03. The Morgan fingerprint density at radius 3 is 2.55 bits per heavy atom. The molecule has 0 aromatic rings. The molecule has 116 valence electrons. The van der Waals surface area contributed by atoms with Crippen molar-refractivity contribution in [1.29, 1.82) is 0 Å². The van der Waals surface area contributed by atoms with Gasteiger partial charge >= 0.3 is 0 Å². The molecule has 2 aliphatic heterocycles. The maximum absolute atomic E-state index is 11.9. The molecule has 1 N–H and O–H groups in total. The highest BCUT2D eigenvalue weighted by Crippen LogP contribution is 2.17. The molecular formula is C13H24N2O4S. The summed E-state index contributed by atoms with van der Waals surface area (Å²) in [5.74, 6) is 0.164. The molecule has 1 amide bonds. The molecule has 0 radical (unpaired) electrons. The van der Waals surface area contributed by atoms with Crippen LogP contribution in [0.4, 0.5) is 0 Å². The Balaban J connectivity index is 1.78. The Morgan fingerprint density at radius 1 is 1.30 bits per heavy atom. The number of piperidine rings is 1. The van der Waals surface area contributed by atoms with E-state index in [0.29, 0.717) is 39.0 Å². The van der Waals surface area contributed by atoms with Crippen LogP contribution in [0.25, 0.3) is 0 Å². The number of amides is 1. The van der Waals surface area contributed by atoms with Gasteiger partial charge in [0.2, 0.25) is 15.9 Å². The van der Waals surface area contributed by atoms with Gasteiger partial charge in [-0.15, -0.1) is 0 Å². The van der Waals surface area contributed by atoms with Crippen LogP contribution in [0.1, 0.15) is 39.0 Å². The largest absolute Gasteiger partial charge is 0.368 e. The fourth-order valence-electron chi connectivity index (χ4n) is 2.74. The Labute approximate surface area is 120 Å². The molecule has 0 aromatic carbocycles. The molecule has 6 nitrogen and oxygen atoms in total. The Morgan fingerprint density at radius 2 is 2.00 bits per heavy atom. The van der Waals surface area contributed by atoms with Crippen molar-refractivity contribution in [2.24, 2.45) is 0 Å². The molecule has 2 saturated heterocycles. The molecular weight excluding hydrogens is 280 g/mol. The molecule has 2 heterocycles. The summed E-state index contributed by atoms with van der Waals surface area (Å²) in [7, 11) is -3.11. The minimum Gasteiger partial charge on any atom is -0.368 e. The molecule has 7 heteroatoms. The van der Waals surface area contributed by atoms with E-state index in [4.69, 9.17) is 4.74 Å². The minimum atomic E-state index is -3.11. The lowest BCUT2D eigenvalue weighted by Gasteiger charge is -2.32. The summed E-state index contributed by atoms with van der Waals surface area (Å²) >= 11 is 0. The lowest BCUT2D eigenvalue weighted by molar-refractivity contribution is -0.131. The van der Waals surface area contributed by atoms with E-state index in [2.05, 4.69) is 5.32 Å². The maximum Gasteiger partial charge on any atom is 0.249 e. The first-order valence-electron chi connectivity index (χ1n) is 7.42. The highest BCUT2D eigenvalue weighted by atomic mass is 32.2. The van der Waals surface area contributed by atoms with Gasteiger partial charge in [-0.05, 0) is 32.1 Å². The molecule has 0 aliphatic carbocycles. The highest BCUT2D eigenvalue weighted by molar-refractivity contribution is 7.89. The number of rotatable bonds is 5. The van der Waals surface area contributed by atoms with Gasteiger partial charge in [0, 0.05) is 25.7 Å². The van der Waals surface area contributed by atoms with Crippen LogP contribution >= 0.6 is 0 Å². The van der Waals surface area contributed by atoms with E-state index in [0.717, 1.165) is 12.8 Å². The topological polar surface area (TPSA) is 75.7 Å². The van der Waals surface area contributed by atoms with Crippen molar-refractivity contribution >= 4 is 15.9 Å².